The van der Waals surface area contributed by atoms with Crippen molar-refractivity contribution in [2.45, 2.75) is 6.42 Å². The van der Waals surface area contributed by atoms with E-state index in [2.05, 4.69) is 30.6 Å². The lowest BCUT2D eigenvalue weighted by molar-refractivity contribution is 0.0601. The molecule has 0 bridgehead atoms. The summed E-state index contributed by atoms with van der Waals surface area (Å²) in [5.74, 6) is 1.43. The first-order valence-corrected chi connectivity index (χ1v) is 8.70. The van der Waals surface area contributed by atoms with Crippen molar-refractivity contribution in [2.24, 2.45) is 0 Å². The van der Waals surface area contributed by atoms with Gasteiger partial charge in [-0.1, -0.05) is 12.1 Å². The third-order valence-corrected chi connectivity index (χ3v) is 3.97. The topological polar surface area (TPSA) is 98.3 Å². The maximum Gasteiger partial charge on any atom is 0.337 e. The van der Waals surface area contributed by atoms with Crippen LogP contribution in [0.25, 0.3) is 0 Å². The zero-order valence-corrected chi connectivity index (χ0v) is 15.7. The number of ether oxygens (including phenoxy) is 2. The van der Waals surface area contributed by atoms with Gasteiger partial charge in [0.25, 0.3) is 0 Å². The Morgan fingerprint density at radius 2 is 1.93 bits per heavy atom. The molecule has 28 heavy (non-hydrogen) atoms. The fourth-order valence-corrected chi connectivity index (χ4v) is 2.54. The minimum Gasteiger partial charge on any atom is -0.497 e. The quantitative estimate of drug-likeness (QED) is 0.576. The number of anilines is 3. The highest BCUT2D eigenvalue weighted by Gasteiger charge is 2.06. The monoisotopic (exact) mass is 379 g/mol. The van der Waals surface area contributed by atoms with Crippen molar-refractivity contribution < 1.29 is 14.3 Å². The van der Waals surface area contributed by atoms with Crippen molar-refractivity contribution in [1.29, 1.82) is 0 Å². The van der Waals surface area contributed by atoms with E-state index in [1.807, 2.05) is 24.3 Å². The Hall–Kier alpha value is -3.68. The van der Waals surface area contributed by atoms with E-state index in [-0.39, 0.29) is 5.97 Å². The molecule has 0 saturated carbocycles. The van der Waals surface area contributed by atoms with Gasteiger partial charge in [0.2, 0.25) is 5.95 Å². The number of rotatable bonds is 8. The molecule has 144 valence electrons. The smallest absolute Gasteiger partial charge is 0.337 e. The molecule has 2 aromatic carbocycles. The molecule has 8 heteroatoms. The van der Waals surface area contributed by atoms with E-state index in [1.54, 1.807) is 31.4 Å². The summed E-state index contributed by atoms with van der Waals surface area (Å²) < 4.78 is 9.92. The van der Waals surface area contributed by atoms with Crippen LogP contribution in [-0.4, -0.2) is 41.9 Å². The number of hydrogen-bond donors (Lipinski definition) is 2. The van der Waals surface area contributed by atoms with E-state index in [1.165, 1.54) is 13.3 Å². The van der Waals surface area contributed by atoms with Gasteiger partial charge in [-0.2, -0.15) is 10.1 Å². The van der Waals surface area contributed by atoms with Crippen LogP contribution in [0.1, 0.15) is 15.9 Å². The molecule has 8 nitrogen and oxygen atoms in total. The minimum atomic E-state index is -0.377. The zero-order chi connectivity index (χ0) is 19.8. The van der Waals surface area contributed by atoms with Crippen LogP contribution in [0.15, 0.2) is 54.7 Å². The Balaban J connectivity index is 1.57. The van der Waals surface area contributed by atoms with Crippen LogP contribution in [0.3, 0.4) is 0 Å². The fourth-order valence-electron chi connectivity index (χ4n) is 2.54. The van der Waals surface area contributed by atoms with Gasteiger partial charge in [0.15, 0.2) is 5.82 Å². The van der Waals surface area contributed by atoms with Crippen LogP contribution in [0.5, 0.6) is 5.75 Å². The summed E-state index contributed by atoms with van der Waals surface area (Å²) >= 11 is 0. The molecule has 3 aromatic rings. The molecule has 0 saturated heterocycles. The number of carbonyl (C=O) groups is 1. The third-order valence-electron chi connectivity index (χ3n) is 3.97. The van der Waals surface area contributed by atoms with Gasteiger partial charge >= 0.3 is 5.97 Å². The first kappa shape index (κ1) is 19.1. The number of benzene rings is 2. The molecule has 0 aliphatic heterocycles. The fraction of sp³-hybridized carbons (Fsp3) is 0.200. The summed E-state index contributed by atoms with van der Waals surface area (Å²) in [7, 11) is 3.00. The molecule has 0 atom stereocenters. The van der Waals surface area contributed by atoms with Gasteiger partial charge in [0, 0.05) is 12.2 Å². The average molecular weight is 379 g/mol. The molecule has 3 rings (SSSR count). The Kier molecular flexibility index (Phi) is 6.35. The molecule has 0 aliphatic rings. The summed E-state index contributed by atoms with van der Waals surface area (Å²) in [4.78, 5) is 15.9. The molecule has 0 spiro atoms. The van der Waals surface area contributed by atoms with Gasteiger partial charge in [0.1, 0.15) is 5.75 Å². The lowest BCUT2D eigenvalue weighted by Gasteiger charge is -2.09. The highest BCUT2D eigenvalue weighted by molar-refractivity contribution is 5.89. The Bertz CT molecular complexity index is 931. The lowest BCUT2D eigenvalue weighted by atomic mass is 10.1. The second-order valence-electron chi connectivity index (χ2n) is 5.89. The summed E-state index contributed by atoms with van der Waals surface area (Å²) in [5.41, 5.74) is 2.41. The average Bonchev–Trinajstić information content (AvgIpc) is 2.74. The summed E-state index contributed by atoms with van der Waals surface area (Å²) in [6.45, 7) is 0.659. The minimum absolute atomic E-state index is 0.377. The highest BCUT2D eigenvalue weighted by Crippen LogP contribution is 2.16. The number of nitrogens with zero attached hydrogens (tertiary/aromatic N) is 3. The number of carbonyl (C=O) groups excluding carboxylic acids is 1. The van der Waals surface area contributed by atoms with E-state index in [0.717, 1.165) is 23.4 Å². The predicted molar refractivity (Wildman–Crippen MR) is 106 cm³/mol. The first-order valence-electron chi connectivity index (χ1n) is 8.70. The van der Waals surface area contributed by atoms with Crippen LogP contribution >= 0.6 is 0 Å². The van der Waals surface area contributed by atoms with Crippen LogP contribution in [0.2, 0.25) is 0 Å². The predicted octanol–water partition coefficient (Wildman–Crippen LogP) is 3.07. The van der Waals surface area contributed by atoms with E-state index in [0.29, 0.717) is 23.9 Å². The van der Waals surface area contributed by atoms with Crippen molar-refractivity contribution in [2.75, 3.05) is 31.4 Å². The first-order chi connectivity index (χ1) is 13.7. The van der Waals surface area contributed by atoms with Gasteiger partial charge in [-0.15, -0.1) is 5.10 Å². The van der Waals surface area contributed by atoms with Crippen molar-refractivity contribution in [3.63, 3.8) is 0 Å². The van der Waals surface area contributed by atoms with E-state index in [9.17, 15) is 4.79 Å². The summed E-state index contributed by atoms with van der Waals surface area (Å²) in [5, 5.41) is 14.2. The molecule has 1 aromatic heterocycles. The van der Waals surface area contributed by atoms with Crippen LogP contribution in [0, 0.1) is 0 Å². The third kappa shape index (κ3) is 5.16. The molecule has 0 aliphatic carbocycles. The lowest BCUT2D eigenvalue weighted by Crippen LogP contribution is -2.09. The van der Waals surface area contributed by atoms with Crippen molar-refractivity contribution in [1.82, 2.24) is 15.2 Å². The van der Waals surface area contributed by atoms with Gasteiger partial charge < -0.3 is 20.1 Å². The molecular formula is C20H21N5O3. The highest BCUT2D eigenvalue weighted by atomic mass is 16.5. The zero-order valence-electron chi connectivity index (χ0n) is 15.7. The SMILES string of the molecule is COC(=O)c1ccc(Nc2cnnc(NCCc3cccc(OC)c3)n2)cc1. The maximum absolute atomic E-state index is 11.5. The summed E-state index contributed by atoms with van der Waals surface area (Å²) in [6.07, 6.45) is 2.33. The molecular weight excluding hydrogens is 358 g/mol. The van der Waals surface area contributed by atoms with E-state index in [4.69, 9.17) is 4.74 Å². The molecule has 0 amide bonds. The van der Waals surface area contributed by atoms with Crippen LogP contribution < -0.4 is 15.4 Å². The Labute approximate surface area is 162 Å². The normalized spacial score (nSPS) is 10.2. The van der Waals surface area contributed by atoms with Gasteiger partial charge in [-0.3, -0.25) is 0 Å². The molecule has 0 unspecified atom stereocenters. The van der Waals surface area contributed by atoms with Crippen molar-refractivity contribution >= 4 is 23.4 Å². The largest absolute Gasteiger partial charge is 0.497 e. The molecule has 0 radical (unpaired) electrons. The van der Waals surface area contributed by atoms with Crippen LogP contribution in [-0.2, 0) is 11.2 Å². The second kappa shape index (κ2) is 9.31. The molecule has 0 fully saturated rings. The standard InChI is InChI=1S/C20H21N5O3/c1-27-17-5-3-4-14(12-17)10-11-21-20-24-18(13-22-25-20)23-16-8-6-15(7-9-16)19(26)28-2/h3-9,12-13H,10-11H2,1-2H3,(H2,21,23,24,25). The van der Waals surface area contributed by atoms with E-state index >= 15 is 0 Å². The second-order valence-corrected chi connectivity index (χ2v) is 5.89. The molecule has 1 heterocycles. The Morgan fingerprint density at radius 3 is 2.68 bits per heavy atom. The Morgan fingerprint density at radius 1 is 1.11 bits per heavy atom. The van der Waals surface area contributed by atoms with E-state index < -0.39 is 0 Å². The van der Waals surface area contributed by atoms with Gasteiger partial charge in [-0.05, 0) is 48.4 Å². The van der Waals surface area contributed by atoms with Gasteiger partial charge in [-0.25, -0.2) is 4.79 Å². The summed E-state index contributed by atoms with van der Waals surface area (Å²) in [6, 6.07) is 14.8. The van der Waals surface area contributed by atoms with Gasteiger partial charge in [0.05, 0.1) is 26.0 Å². The number of nitrogens with one attached hydrogen (secondary N) is 2. The van der Waals surface area contributed by atoms with Crippen molar-refractivity contribution in [3.05, 3.63) is 65.9 Å². The van der Waals surface area contributed by atoms with Crippen molar-refractivity contribution in [3.8, 4) is 5.75 Å². The number of methoxy groups -OCH3 is 2. The number of esters is 1. The number of aromatic nitrogens is 3. The number of hydrogen-bond acceptors (Lipinski definition) is 8. The van der Waals surface area contributed by atoms with Crippen LogP contribution in [0.4, 0.5) is 17.5 Å². The maximum atomic E-state index is 11.5. The molecule has 2 N–H and O–H groups in total.